The van der Waals surface area contributed by atoms with Gasteiger partial charge in [-0.15, -0.1) is 0 Å². The summed E-state index contributed by atoms with van der Waals surface area (Å²) in [6.07, 6.45) is -15.3. The molecule has 0 amide bonds. The molecule has 136 valence electrons. The van der Waals surface area contributed by atoms with Crippen molar-refractivity contribution in [3.8, 4) is 0 Å². The van der Waals surface area contributed by atoms with Gasteiger partial charge in [-0.3, -0.25) is 0 Å². The Morgan fingerprint density at radius 2 is 1.22 bits per heavy atom. The van der Waals surface area contributed by atoms with E-state index in [1.165, 1.54) is 0 Å². The van der Waals surface area contributed by atoms with E-state index >= 15 is 0 Å². The van der Waals surface area contributed by atoms with Gasteiger partial charge in [-0.1, -0.05) is 0 Å². The van der Waals surface area contributed by atoms with Gasteiger partial charge in [-0.05, 0) is 0 Å². The van der Waals surface area contributed by atoms with Crippen LogP contribution < -0.4 is 0 Å². The van der Waals surface area contributed by atoms with Crippen LogP contribution in [0.15, 0.2) is 0 Å². The van der Waals surface area contributed by atoms with Gasteiger partial charge >= 0.3 is 0 Å². The Hall–Kier alpha value is -0.440. The van der Waals surface area contributed by atoms with Gasteiger partial charge in [0.2, 0.25) is 0 Å². The minimum atomic E-state index is -1.74. The molecule has 2 rings (SSSR count). The zero-order valence-electron chi connectivity index (χ0n) is 12.0. The lowest BCUT2D eigenvalue weighted by molar-refractivity contribution is -0.325. The highest BCUT2D eigenvalue weighted by Crippen LogP contribution is 2.24. The molecule has 0 aromatic carbocycles. The van der Waals surface area contributed by atoms with Crippen molar-refractivity contribution in [3.63, 3.8) is 0 Å². The van der Waals surface area contributed by atoms with Gasteiger partial charge < -0.3 is 55.1 Å². The normalized spacial score (nSPS) is 51.7. The van der Waals surface area contributed by atoms with Crippen LogP contribution in [0.5, 0.6) is 0 Å². The molecule has 0 aliphatic carbocycles. The number of hydrogen-bond donors (Lipinski definition) is 8. The molecule has 0 saturated carbocycles. The number of aliphatic hydroxyl groups excluding tert-OH is 8. The SMILES string of the molecule is OCC1O[C@@H](OCC2O[C@@H](O)C(O)C(O)[C@@H]2O)C(O)C(O)[C@@H]1O. The van der Waals surface area contributed by atoms with Gasteiger partial charge in [-0.2, -0.15) is 0 Å². The maximum absolute atomic E-state index is 9.78. The van der Waals surface area contributed by atoms with E-state index in [0.717, 1.165) is 0 Å². The van der Waals surface area contributed by atoms with Crippen LogP contribution in [0.25, 0.3) is 0 Å². The monoisotopic (exact) mass is 342 g/mol. The van der Waals surface area contributed by atoms with E-state index in [1.807, 2.05) is 0 Å². The first kappa shape index (κ1) is 18.9. The third kappa shape index (κ3) is 3.81. The average molecular weight is 342 g/mol. The first-order chi connectivity index (χ1) is 10.8. The van der Waals surface area contributed by atoms with Crippen molar-refractivity contribution in [2.75, 3.05) is 13.2 Å². The molecule has 23 heavy (non-hydrogen) atoms. The molecule has 11 heteroatoms. The van der Waals surface area contributed by atoms with Crippen molar-refractivity contribution in [1.29, 1.82) is 0 Å². The van der Waals surface area contributed by atoms with Crippen molar-refractivity contribution in [1.82, 2.24) is 0 Å². The van der Waals surface area contributed by atoms with Gasteiger partial charge in [0.25, 0.3) is 0 Å². The Morgan fingerprint density at radius 3 is 1.83 bits per heavy atom. The topological polar surface area (TPSA) is 190 Å². The number of aliphatic hydroxyl groups is 8. The van der Waals surface area contributed by atoms with Gasteiger partial charge in [-0.25, -0.2) is 0 Å². The smallest absolute Gasteiger partial charge is 0.186 e. The van der Waals surface area contributed by atoms with Crippen molar-refractivity contribution >= 4 is 0 Å². The third-order valence-electron chi connectivity index (χ3n) is 3.96. The zero-order valence-corrected chi connectivity index (χ0v) is 12.0. The van der Waals surface area contributed by atoms with Crippen LogP contribution in [-0.2, 0) is 14.2 Å². The Labute approximate surface area is 130 Å². The zero-order chi connectivity index (χ0) is 17.3. The maximum atomic E-state index is 9.78. The summed E-state index contributed by atoms with van der Waals surface area (Å²) in [4.78, 5) is 0. The quantitative estimate of drug-likeness (QED) is 0.243. The maximum Gasteiger partial charge on any atom is 0.186 e. The molecule has 8 N–H and O–H groups in total. The summed E-state index contributed by atoms with van der Waals surface area (Å²) in [5.74, 6) is 0. The molecular formula is C12H22O11. The molecule has 0 bridgehead atoms. The Morgan fingerprint density at radius 1 is 0.652 bits per heavy atom. The van der Waals surface area contributed by atoms with Gasteiger partial charge in [0.15, 0.2) is 12.6 Å². The molecule has 2 saturated heterocycles. The van der Waals surface area contributed by atoms with Crippen molar-refractivity contribution in [3.05, 3.63) is 0 Å². The van der Waals surface area contributed by atoms with Gasteiger partial charge in [0.1, 0.15) is 48.8 Å². The standard InChI is InChI=1S/C12H22O11/c13-1-3-5(14)8(17)10(19)12(23-3)21-2-4-6(15)7(16)9(18)11(20)22-4/h3-20H,1-2H2/t3?,4?,5-,6-,7?,8?,9?,10?,11-,12-/m1/s1. The second-order valence-electron chi connectivity index (χ2n) is 5.57. The van der Waals surface area contributed by atoms with Crippen LogP contribution in [0, 0.1) is 0 Å². The number of ether oxygens (including phenoxy) is 3. The molecule has 10 atom stereocenters. The summed E-state index contributed by atoms with van der Waals surface area (Å²) in [6.45, 7) is -1.10. The fourth-order valence-corrected chi connectivity index (χ4v) is 2.46. The van der Waals surface area contributed by atoms with E-state index in [9.17, 15) is 35.7 Å². The van der Waals surface area contributed by atoms with E-state index in [2.05, 4.69) is 0 Å². The predicted octanol–water partition coefficient (Wildman–Crippen LogP) is -5.40. The molecule has 0 radical (unpaired) electrons. The fraction of sp³-hybridized carbons (Fsp3) is 1.00. The fourth-order valence-electron chi connectivity index (χ4n) is 2.46. The van der Waals surface area contributed by atoms with Crippen LogP contribution >= 0.6 is 0 Å². The second kappa shape index (κ2) is 7.63. The highest BCUT2D eigenvalue weighted by molar-refractivity contribution is 4.91. The van der Waals surface area contributed by atoms with E-state index in [0.29, 0.717) is 0 Å². The highest BCUT2D eigenvalue weighted by Gasteiger charge is 2.46. The van der Waals surface area contributed by atoms with E-state index in [-0.39, 0.29) is 0 Å². The number of rotatable bonds is 4. The molecule has 6 unspecified atom stereocenters. The van der Waals surface area contributed by atoms with Crippen LogP contribution in [0.3, 0.4) is 0 Å². The summed E-state index contributed by atoms with van der Waals surface area (Å²) < 4.78 is 15.1. The third-order valence-corrected chi connectivity index (χ3v) is 3.96. The minimum Gasteiger partial charge on any atom is -0.394 e. The second-order valence-corrected chi connectivity index (χ2v) is 5.57. The Balaban J connectivity index is 1.94. The summed E-state index contributed by atoms with van der Waals surface area (Å²) >= 11 is 0. The van der Waals surface area contributed by atoms with Crippen molar-refractivity contribution in [2.24, 2.45) is 0 Å². The Bertz CT molecular complexity index is 380. The van der Waals surface area contributed by atoms with Crippen LogP contribution in [0.4, 0.5) is 0 Å². The summed E-state index contributed by atoms with van der Waals surface area (Å²) in [6, 6.07) is 0. The van der Waals surface area contributed by atoms with Crippen LogP contribution in [0.2, 0.25) is 0 Å². The van der Waals surface area contributed by atoms with Crippen LogP contribution in [0.1, 0.15) is 0 Å². The van der Waals surface area contributed by atoms with E-state index in [1.54, 1.807) is 0 Å². The molecule has 11 nitrogen and oxygen atoms in total. The summed E-state index contributed by atoms with van der Waals surface area (Å²) in [5.41, 5.74) is 0. The van der Waals surface area contributed by atoms with Gasteiger partial charge in [0.05, 0.1) is 13.2 Å². The largest absolute Gasteiger partial charge is 0.394 e. The Kier molecular flexibility index (Phi) is 6.27. The van der Waals surface area contributed by atoms with E-state index in [4.69, 9.17) is 19.3 Å². The molecule has 2 heterocycles. The molecule has 2 aliphatic heterocycles. The lowest BCUT2D eigenvalue weighted by atomic mass is 9.98. The minimum absolute atomic E-state index is 0.468. The molecule has 0 aromatic heterocycles. The van der Waals surface area contributed by atoms with Crippen LogP contribution in [-0.4, -0.2) is 115 Å². The van der Waals surface area contributed by atoms with E-state index < -0.39 is 74.6 Å². The number of hydrogen-bond acceptors (Lipinski definition) is 11. The molecule has 2 fully saturated rings. The lowest BCUT2D eigenvalue weighted by Gasteiger charge is -2.41. The first-order valence-corrected chi connectivity index (χ1v) is 7.07. The summed E-state index contributed by atoms with van der Waals surface area (Å²) in [5, 5.41) is 76.1. The average Bonchev–Trinajstić information content (AvgIpc) is 2.54. The molecule has 2 aliphatic rings. The predicted molar refractivity (Wildman–Crippen MR) is 68.6 cm³/mol. The van der Waals surface area contributed by atoms with Crippen molar-refractivity contribution < 1.29 is 55.1 Å². The van der Waals surface area contributed by atoms with Crippen molar-refractivity contribution in [2.45, 2.75) is 61.4 Å². The first-order valence-electron chi connectivity index (χ1n) is 7.07. The molecular weight excluding hydrogens is 320 g/mol. The lowest BCUT2D eigenvalue weighted by Crippen LogP contribution is -2.61. The highest BCUT2D eigenvalue weighted by atomic mass is 16.7. The summed E-state index contributed by atoms with van der Waals surface area (Å²) in [7, 11) is 0. The molecule has 0 spiro atoms. The molecule has 0 aromatic rings. The van der Waals surface area contributed by atoms with Gasteiger partial charge in [0, 0.05) is 0 Å².